The first-order valence-corrected chi connectivity index (χ1v) is 8.35. The molecule has 0 bridgehead atoms. The fraction of sp³-hybridized carbons (Fsp3) is 1.00. The Labute approximate surface area is 119 Å². The molecule has 3 nitrogen and oxygen atoms in total. The van der Waals surface area contributed by atoms with Crippen LogP contribution in [-0.4, -0.2) is 54.6 Å². The van der Waals surface area contributed by atoms with E-state index in [1.54, 1.807) is 0 Å². The summed E-state index contributed by atoms with van der Waals surface area (Å²) >= 11 is 0. The third kappa shape index (κ3) is 3.71. The van der Waals surface area contributed by atoms with Crippen molar-refractivity contribution >= 4 is 0 Å². The predicted molar refractivity (Wildman–Crippen MR) is 82.3 cm³/mol. The van der Waals surface area contributed by atoms with E-state index in [0.29, 0.717) is 18.1 Å². The predicted octanol–water partition coefficient (Wildman–Crippen LogP) is 2.31. The Bertz CT molecular complexity index is 269. The molecule has 4 atom stereocenters. The molecule has 4 unspecified atom stereocenters. The van der Waals surface area contributed by atoms with E-state index < -0.39 is 0 Å². The number of hydrogen-bond acceptors (Lipinski definition) is 3. The van der Waals surface area contributed by atoms with Gasteiger partial charge in [0.25, 0.3) is 0 Å². The fourth-order valence-electron chi connectivity index (χ4n) is 4.07. The molecule has 0 aromatic carbocycles. The molecular weight excluding hydrogens is 234 g/mol. The van der Waals surface area contributed by atoms with E-state index in [1.165, 1.54) is 58.2 Å². The fourth-order valence-corrected chi connectivity index (χ4v) is 4.07. The van der Waals surface area contributed by atoms with E-state index in [4.69, 9.17) is 5.73 Å². The first-order valence-electron chi connectivity index (χ1n) is 8.35. The highest BCUT2D eigenvalue weighted by atomic mass is 15.3. The van der Waals surface area contributed by atoms with Gasteiger partial charge in [0, 0.05) is 31.2 Å². The molecule has 2 fully saturated rings. The summed E-state index contributed by atoms with van der Waals surface area (Å²) in [5, 5.41) is 0. The Hall–Kier alpha value is -0.120. The molecule has 2 N–H and O–H groups in total. The molecule has 1 aliphatic heterocycles. The molecular formula is C16H33N3. The Kier molecular flexibility index (Phi) is 5.67. The largest absolute Gasteiger partial charge is 0.326 e. The van der Waals surface area contributed by atoms with Crippen LogP contribution in [0.4, 0.5) is 0 Å². The van der Waals surface area contributed by atoms with Crippen LogP contribution in [0.5, 0.6) is 0 Å². The highest BCUT2D eigenvalue weighted by Gasteiger charge is 2.35. The molecule has 0 aromatic heterocycles. The molecule has 19 heavy (non-hydrogen) atoms. The molecule has 3 heteroatoms. The average Bonchev–Trinajstić information content (AvgIpc) is 2.60. The summed E-state index contributed by atoms with van der Waals surface area (Å²) in [6.07, 6.45) is 7.79. The van der Waals surface area contributed by atoms with Crippen molar-refractivity contribution in [1.29, 1.82) is 0 Å². The van der Waals surface area contributed by atoms with E-state index in [2.05, 4.69) is 30.7 Å². The van der Waals surface area contributed by atoms with Crippen LogP contribution in [0.15, 0.2) is 0 Å². The highest BCUT2D eigenvalue weighted by molar-refractivity contribution is 4.93. The van der Waals surface area contributed by atoms with Crippen LogP contribution in [0.2, 0.25) is 0 Å². The summed E-state index contributed by atoms with van der Waals surface area (Å²) in [6.45, 7) is 8.38. The van der Waals surface area contributed by atoms with Gasteiger partial charge in [0.2, 0.25) is 0 Å². The van der Waals surface area contributed by atoms with Crippen LogP contribution in [-0.2, 0) is 0 Å². The molecule has 2 aliphatic rings. The maximum absolute atomic E-state index is 6.47. The second-order valence-electron chi connectivity index (χ2n) is 6.73. The number of rotatable bonds is 3. The summed E-state index contributed by atoms with van der Waals surface area (Å²) in [5.41, 5.74) is 6.47. The van der Waals surface area contributed by atoms with Gasteiger partial charge >= 0.3 is 0 Å². The van der Waals surface area contributed by atoms with Gasteiger partial charge in [-0.3, -0.25) is 4.90 Å². The van der Waals surface area contributed by atoms with Gasteiger partial charge in [0.15, 0.2) is 0 Å². The lowest BCUT2D eigenvalue weighted by molar-refractivity contribution is 0.0690. The SMILES string of the molecule is CCC1CCC(N)C(N2CCCN(C)CC2CC)C1. The van der Waals surface area contributed by atoms with Gasteiger partial charge in [-0.05, 0) is 51.6 Å². The minimum atomic E-state index is 0.403. The van der Waals surface area contributed by atoms with Gasteiger partial charge in [-0.1, -0.05) is 20.3 Å². The highest BCUT2D eigenvalue weighted by Crippen LogP contribution is 2.31. The number of hydrogen-bond donors (Lipinski definition) is 1. The standard InChI is InChI=1S/C16H33N3/c1-4-13-7-8-15(17)16(11-13)19-10-6-9-18(3)12-14(19)5-2/h13-16H,4-12,17H2,1-3H3. The first-order chi connectivity index (χ1) is 9.15. The molecule has 1 aliphatic carbocycles. The zero-order valence-corrected chi connectivity index (χ0v) is 13.1. The molecule has 1 saturated carbocycles. The van der Waals surface area contributed by atoms with Crippen LogP contribution in [0, 0.1) is 5.92 Å². The lowest BCUT2D eigenvalue weighted by Gasteiger charge is -2.44. The van der Waals surface area contributed by atoms with Crippen molar-refractivity contribution in [3.63, 3.8) is 0 Å². The average molecular weight is 267 g/mol. The monoisotopic (exact) mass is 267 g/mol. The smallest absolute Gasteiger partial charge is 0.0253 e. The maximum atomic E-state index is 6.47. The van der Waals surface area contributed by atoms with Crippen LogP contribution < -0.4 is 5.73 Å². The van der Waals surface area contributed by atoms with Crippen molar-refractivity contribution in [2.45, 2.75) is 70.5 Å². The quantitative estimate of drug-likeness (QED) is 0.852. The van der Waals surface area contributed by atoms with Gasteiger partial charge in [-0.15, -0.1) is 0 Å². The number of nitrogens with zero attached hydrogens (tertiary/aromatic N) is 2. The van der Waals surface area contributed by atoms with Crippen LogP contribution in [0.25, 0.3) is 0 Å². The van der Waals surface area contributed by atoms with Gasteiger partial charge in [0.05, 0.1) is 0 Å². The van der Waals surface area contributed by atoms with Gasteiger partial charge in [-0.2, -0.15) is 0 Å². The van der Waals surface area contributed by atoms with Crippen molar-refractivity contribution in [2.75, 3.05) is 26.7 Å². The summed E-state index contributed by atoms with van der Waals surface area (Å²) in [7, 11) is 2.27. The van der Waals surface area contributed by atoms with E-state index in [0.717, 1.165) is 5.92 Å². The third-order valence-electron chi connectivity index (χ3n) is 5.40. The second kappa shape index (κ2) is 7.05. The molecule has 1 heterocycles. The third-order valence-corrected chi connectivity index (χ3v) is 5.40. The zero-order chi connectivity index (χ0) is 13.8. The van der Waals surface area contributed by atoms with E-state index in [9.17, 15) is 0 Å². The lowest BCUT2D eigenvalue weighted by atomic mass is 9.80. The number of likely N-dealkylation sites (N-methyl/N-ethyl adjacent to an activating group) is 1. The molecule has 0 radical (unpaired) electrons. The van der Waals surface area contributed by atoms with E-state index in [-0.39, 0.29) is 0 Å². The summed E-state index contributed by atoms with van der Waals surface area (Å²) in [5.74, 6) is 0.906. The molecule has 112 valence electrons. The topological polar surface area (TPSA) is 32.5 Å². The van der Waals surface area contributed by atoms with Crippen LogP contribution in [0.1, 0.15) is 52.4 Å². The molecule has 0 aromatic rings. The second-order valence-corrected chi connectivity index (χ2v) is 6.73. The van der Waals surface area contributed by atoms with Crippen LogP contribution >= 0.6 is 0 Å². The van der Waals surface area contributed by atoms with Crippen molar-refractivity contribution in [1.82, 2.24) is 9.80 Å². The Morgan fingerprint density at radius 2 is 1.89 bits per heavy atom. The Morgan fingerprint density at radius 1 is 1.11 bits per heavy atom. The van der Waals surface area contributed by atoms with Gasteiger partial charge in [-0.25, -0.2) is 0 Å². The van der Waals surface area contributed by atoms with Crippen molar-refractivity contribution in [3.8, 4) is 0 Å². The Balaban J connectivity index is 2.07. The van der Waals surface area contributed by atoms with Crippen LogP contribution in [0.3, 0.4) is 0 Å². The van der Waals surface area contributed by atoms with E-state index in [1.807, 2.05) is 0 Å². The maximum Gasteiger partial charge on any atom is 0.0253 e. The normalized spacial score (nSPS) is 39.2. The molecule has 0 spiro atoms. The Morgan fingerprint density at radius 3 is 2.58 bits per heavy atom. The molecule has 1 saturated heterocycles. The summed E-state index contributed by atoms with van der Waals surface area (Å²) in [4.78, 5) is 5.27. The van der Waals surface area contributed by atoms with Gasteiger partial charge in [0.1, 0.15) is 0 Å². The molecule has 2 rings (SSSR count). The number of nitrogens with two attached hydrogens (primary N) is 1. The summed E-state index contributed by atoms with van der Waals surface area (Å²) in [6, 6.07) is 1.74. The minimum Gasteiger partial charge on any atom is -0.326 e. The summed E-state index contributed by atoms with van der Waals surface area (Å²) < 4.78 is 0. The molecule has 0 amide bonds. The lowest BCUT2D eigenvalue weighted by Crippen LogP contribution is -2.55. The van der Waals surface area contributed by atoms with Gasteiger partial charge < -0.3 is 10.6 Å². The van der Waals surface area contributed by atoms with Crippen molar-refractivity contribution in [3.05, 3.63) is 0 Å². The van der Waals surface area contributed by atoms with Crippen molar-refractivity contribution < 1.29 is 0 Å². The minimum absolute atomic E-state index is 0.403. The first kappa shape index (κ1) is 15.3. The van der Waals surface area contributed by atoms with E-state index >= 15 is 0 Å². The zero-order valence-electron chi connectivity index (χ0n) is 13.1. The van der Waals surface area contributed by atoms with Crippen molar-refractivity contribution in [2.24, 2.45) is 11.7 Å².